The third-order valence-electron chi connectivity index (χ3n) is 3.57. The van der Waals surface area contributed by atoms with E-state index >= 15 is 0 Å². The summed E-state index contributed by atoms with van der Waals surface area (Å²) in [6, 6.07) is 15.6. The van der Waals surface area contributed by atoms with E-state index in [1.807, 2.05) is 25.1 Å². The molecule has 0 saturated heterocycles. The van der Waals surface area contributed by atoms with E-state index in [0.717, 1.165) is 9.13 Å². The molecule has 0 aliphatic rings. The van der Waals surface area contributed by atoms with Crippen molar-refractivity contribution in [2.75, 3.05) is 7.05 Å². The molecule has 2 rings (SSSR count). The Morgan fingerprint density at radius 2 is 1.58 bits per heavy atom. The van der Waals surface area contributed by atoms with Crippen molar-refractivity contribution in [1.82, 2.24) is 5.32 Å². The Labute approximate surface area is 162 Å². The summed E-state index contributed by atoms with van der Waals surface area (Å²) in [5.74, 6) is -0.190. The summed E-state index contributed by atoms with van der Waals surface area (Å²) in [4.78, 5) is 12.4. The van der Waals surface area contributed by atoms with E-state index in [2.05, 4.69) is 5.32 Å². The third kappa shape index (κ3) is 4.93. The Hall–Kier alpha value is -1.71. The quantitative estimate of drug-likeness (QED) is 0.472. The molecule has 0 heterocycles. The van der Waals surface area contributed by atoms with Crippen molar-refractivity contribution in [1.29, 1.82) is 0 Å². The standard InChI is InChI=1S/C19H22INO4S/c1-14-10-12-18(13-11-14)26(23,24)25-20(17-8-6-5-7-9-17)19(16(3)22)15(2)21-4/h5-13,21H,1-4H3/b19-15+. The fourth-order valence-electron chi connectivity index (χ4n) is 2.15. The number of carbonyl (C=O) groups is 1. The Bertz CT molecular complexity index is 906. The van der Waals surface area contributed by atoms with E-state index in [1.165, 1.54) is 19.1 Å². The first kappa shape index (κ1) is 20.6. The van der Waals surface area contributed by atoms with E-state index in [9.17, 15) is 13.2 Å². The van der Waals surface area contributed by atoms with E-state index in [4.69, 9.17) is 2.51 Å². The van der Waals surface area contributed by atoms with Crippen molar-refractivity contribution in [3.63, 3.8) is 0 Å². The number of Topliss-reactive ketones (excluding diaryl/α,β-unsaturated/α-hetero) is 1. The second kappa shape index (κ2) is 8.79. The van der Waals surface area contributed by atoms with Gasteiger partial charge in [-0.1, -0.05) is 0 Å². The summed E-state index contributed by atoms with van der Waals surface area (Å²) in [6.45, 7) is 5.07. The van der Waals surface area contributed by atoms with Crippen LogP contribution < -0.4 is 5.32 Å². The number of hydrogen-bond donors (Lipinski definition) is 1. The molecule has 0 aliphatic carbocycles. The minimum absolute atomic E-state index is 0.0892. The SMILES string of the molecule is CN/C(C)=C(\C(C)=O)I(OS(=O)(=O)c1ccc(C)cc1)c1ccccc1. The molecular formula is C19H22INO4S. The van der Waals surface area contributed by atoms with Gasteiger partial charge in [0.25, 0.3) is 0 Å². The number of benzene rings is 2. The van der Waals surface area contributed by atoms with E-state index < -0.39 is 30.4 Å². The second-order valence-electron chi connectivity index (χ2n) is 5.62. The van der Waals surface area contributed by atoms with Gasteiger partial charge in [0.15, 0.2) is 0 Å². The number of aryl methyl sites for hydroxylation is 1. The molecule has 2 aromatic rings. The van der Waals surface area contributed by atoms with Crippen molar-refractivity contribution in [3.05, 3.63) is 73.0 Å². The number of rotatable bonds is 7. The molecule has 5 nitrogen and oxygen atoms in total. The molecular weight excluding hydrogens is 465 g/mol. The molecule has 0 spiro atoms. The number of hydrogen-bond acceptors (Lipinski definition) is 5. The van der Waals surface area contributed by atoms with Crippen LogP contribution in [0.15, 0.2) is 68.8 Å². The number of halogens is 1. The van der Waals surface area contributed by atoms with Crippen LogP contribution in [0.3, 0.4) is 0 Å². The zero-order valence-electron chi connectivity index (χ0n) is 15.1. The molecule has 0 atom stereocenters. The van der Waals surface area contributed by atoms with Crippen LogP contribution in [0.1, 0.15) is 19.4 Å². The molecule has 0 saturated carbocycles. The number of allylic oxidation sites excluding steroid dienone is 2. The van der Waals surface area contributed by atoms with E-state index in [0.29, 0.717) is 9.28 Å². The Morgan fingerprint density at radius 1 is 1.00 bits per heavy atom. The average Bonchev–Trinajstić information content (AvgIpc) is 2.61. The first-order valence-corrected chi connectivity index (χ1v) is 12.4. The zero-order chi connectivity index (χ0) is 19.3. The van der Waals surface area contributed by atoms with E-state index in [1.54, 1.807) is 38.2 Å². The van der Waals surface area contributed by atoms with Crippen LogP contribution in [0.2, 0.25) is 0 Å². The first-order valence-electron chi connectivity index (χ1n) is 7.92. The van der Waals surface area contributed by atoms with Crippen LogP contribution in [0, 0.1) is 10.5 Å². The summed E-state index contributed by atoms with van der Waals surface area (Å²) in [6.07, 6.45) is 0. The van der Waals surface area contributed by atoms with Crippen LogP contribution in [0.4, 0.5) is 0 Å². The van der Waals surface area contributed by atoms with Crippen LogP contribution in [0.5, 0.6) is 0 Å². The van der Waals surface area contributed by atoms with Gasteiger partial charge < -0.3 is 0 Å². The van der Waals surface area contributed by atoms with Gasteiger partial charge in [0.1, 0.15) is 0 Å². The fraction of sp³-hybridized carbons (Fsp3) is 0.211. The molecule has 0 radical (unpaired) electrons. The van der Waals surface area contributed by atoms with Gasteiger partial charge in [-0.15, -0.1) is 0 Å². The van der Waals surface area contributed by atoms with Crippen LogP contribution in [-0.2, 0) is 17.4 Å². The van der Waals surface area contributed by atoms with Gasteiger partial charge in [-0.2, -0.15) is 0 Å². The van der Waals surface area contributed by atoms with Gasteiger partial charge in [0.2, 0.25) is 0 Å². The first-order chi connectivity index (χ1) is 12.3. The number of ketones is 1. The Morgan fingerprint density at radius 3 is 2.08 bits per heavy atom. The maximum atomic E-state index is 12.8. The van der Waals surface area contributed by atoms with Gasteiger partial charge in [-0.3, -0.25) is 0 Å². The van der Waals surface area contributed by atoms with Crippen molar-refractivity contribution in [3.8, 4) is 0 Å². The van der Waals surface area contributed by atoms with Gasteiger partial charge in [0, 0.05) is 0 Å². The molecule has 140 valence electrons. The summed E-state index contributed by atoms with van der Waals surface area (Å²) < 4.78 is 32.5. The van der Waals surface area contributed by atoms with Gasteiger partial charge in [-0.25, -0.2) is 0 Å². The second-order valence-corrected chi connectivity index (χ2v) is 11.9. The number of carbonyl (C=O) groups excluding carboxylic acids is 1. The monoisotopic (exact) mass is 487 g/mol. The van der Waals surface area contributed by atoms with Gasteiger partial charge in [-0.05, 0) is 0 Å². The van der Waals surface area contributed by atoms with Crippen LogP contribution in [-0.4, -0.2) is 21.2 Å². The molecule has 0 aromatic heterocycles. The maximum absolute atomic E-state index is 12.8. The Balaban J connectivity index is 2.55. The van der Waals surface area contributed by atoms with Crippen molar-refractivity contribution in [2.24, 2.45) is 0 Å². The summed E-state index contributed by atoms with van der Waals surface area (Å²) in [5.41, 5.74) is 1.59. The topological polar surface area (TPSA) is 72.5 Å². The molecule has 0 aliphatic heterocycles. The summed E-state index contributed by atoms with van der Waals surface area (Å²) in [5, 5.41) is 2.95. The van der Waals surface area contributed by atoms with Gasteiger partial charge in [0.05, 0.1) is 0 Å². The fourth-order valence-corrected chi connectivity index (χ4v) is 9.59. The van der Waals surface area contributed by atoms with Crippen molar-refractivity contribution < 1.29 is 15.7 Å². The summed E-state index contributed by atoms with van der Waals surface area (Å²) >= 11 is -2.99. The summed E-state index contributed by atoms with van der Waals surface area (Å²) in [7, 11) is -2.29. The van der Waals surface area contributed by atoms with Crippen LogP contribution >= 0.6 is 20.2 Å². The molecule has 0 bridgehead atoms. The minimum atomic E-state index is -3.99. The van der Waals surface area contributed by atoms with Crippen LogP contribution in [0.25, 0.3) is 0 Å². The molecule has 2 aromatic carbocycles. The molecule has 0 unspecified atom stereocenters. The molecule has 26 heavy (non-hydrogen) atoms. The average molecular weight is 487 g/mol. The Kier molecular flexibility index (Phi) is 6.96. The molecule has 1 N–H and O–H groups in total. The molecule has 0 fully saturated rings. The number of nitrogens with one attached hydrogen (secondary N) is 1. The van der Waals surface area contributed by atoms with E-state index in [-0.39, 0.29) is 10.7 Å². The molecule has 7 heteroatoms. The predicted molar refractivity (Wildman–Crippen MR) is 111 cm³/mol. The van der Waals surface area contributed by atoms with Crippen molar-refractivity contribution in [2.45, 2.75) is 25.7 Å². The van der Waals surface area contributed by atoms with Gasteiger partial charge >= 0.3 is 163 Å². The van der Waals surface area contributed by atoms with Crippen molar-refractivity contribution >= 4 is 36.1 Å². The zero-order valence-corrected chi connectivity index (χ0v) is 18.1. The molecule has 0 amide bonds. The predicted octanol–water partition coefficient (Wildman–Crippen LogP) is 4.03. The third-order valence-corrected chi connectivity index (χ3v) is 11.6. The normalized spacial score (nSPS) is 13.0.